The molecule has 1 nitrogen and oxygen atoms in total. The van der Waals surface area contributed by atoms with Crippen molar-refractivity contribution in [3.05, 3.63) is 176 Å². The van der Waals surface area contributed by atoms with E-state index in [2.05, 4.69) is 180 Å². The quantitative estimate of drug-likeness (QED) is 0.174. The molecule has 0 aliphatic heterocycles. The zero-order valence-corrected chi connectivity index (χ0v) is 29.1. The van der Waals surface area contributed by atoms with Crippen LogP contribution < -0.4 is 0 Å². The van der Waals surface area contributed by atoms with Gasteiger partial charge in [-0.3, -0.25) is 0 Å². The maximum atomic E-state index is 2.44. The lowest BCUT2D eigenvalue weighted by Gasteiger charge is -2.10. The van der Waals surface area contributed by atoms with Crippen molar-refractivity contribution in [2.45, 2.75) is 0 Å². The predicted octanol–water partition coefficient (Wildman–Crippen LogP) is 14.5. The molecule has 238 valence electrons. The minimum atomic E-state index is 1.16. The first-order chi connectivity index (χ1) is 25.3. The Balaban J connectivity index is 1.15. The fourth-order valence-electron chi connectivity index (χ4n) is 8.02. The molecule has 11 aromatic rings. The van der Waals surface area contributed by atoms with E-state index in [0.29, 0.717) is 0 Å². The van der Waals surface area contributed by atoms with Crippen LogP contribution >= 0.6 is 22.7 Å². The number of hydrogen-bond donors (Lipinski definition) is 0. The standard InChI is InChI=1S/C48H29NS2/c1-2-10-30(11-3-1)31-20-24-34(25-21-31)49-43-26-22-32(35-14-8-16-39-37-12-4-6-18-45(37)50-47(35)39)28-41(43)42-29-33(23-27-44(42)49)36-15-9-17-40-38-13-5-7-19-46(38)51-48(36)40/h1-29H. The van der Waals surface area contributed by atoms with Crippen LogP contribution in [0.1, 0.15) is 0 Å². The topological polar surface area (TPSA) is 4.93 Å². The molecule has 0 saturated heterocycles. The third kappa shape index (κ3) is 4.45. The summed E-state index contributed by atoms with van der Waals surface area (Å²) in [7, 11) is 0. The Morgan fingerprint density at radius 3 is 1.31 bits per heavy atom. The third-order valence-electron chi connectivity index (χ3n) is 10.4. The van der Waals surface area contributed by atoms with Gasteiger partial charge in [0, 0.05) is 56.8 Å². The Labute approximate surface area is 302 Å². The smallest absolute Gasteiger partial charge is 0.0541 e. The molecular weight excluding hydrogens is 655 g/mol. The maximum Gasteiger partial charge on any atom is 0.0541 e. The summed E-state index contributed by atoms with van der Waals surface area (Å²) in [4.78, 5) is 0. The summed E-state index contributed by atoms with van der Waals surface area (Å²) in [6.07, 6.45) is 0. The van der Waals surface area contributed by atoms with Crippen LogP contribution in [0.25, 0.3) is 101 Å². The molecule has 0 spiro atoms. The van der Waals surface area contributed by atoms with Gasteiger partial charge in [-0.15, -0.1) is 22.7 Å². The summed E-state index contributed by atoms with van der Waals surface area (Å²) in [6.45, 7) is 0. The van der Waals surface area contributed by atoms with Gasteiger partial charge in [-0.2, -0.15) is 0 Å². The summed E-state index contributed by atoms with van der Waals surface area (Å²) < 4.78 is 7.78. The molecule has 0 aliphatic carbocycles. The van der Waals surface area contributed by atoms with Crippen LogP contribution in [0.4, 0.5) is 0 Å². The van der Waals surface area contributed by atoms with Crippen LogP contribution in [0.3, 0.4) is 0 Å². The lowest BCUT2D eigenvalue weighted by molar-refractivity contribution is 1.18. The summed E-state index contributed by atoms with van der Waals surface area (Å²) in [5.41, 5.74) is 11.1. The van der Waals surface area contributed by atoms with Crippen molar-refractivity contribution in [1.82, 2.24) is 4.57 Å². The molecule has 0 radical (unpaired) electrons. The molecule has 0 N–H and O–H groups in total. The second-order valence-electron chi connectivity index (χ2n) is 13.3. The van der Waals surface area contributed by atoms with Crippen LogP contribution in [0.5, 0.6) is 0 Å². The van der Waals surface area contributed by atoms with Gasteiger partial charge >= 0.3 is 0 Å². The highest BCUT2D eigenvalue weighted by atomic mass is 32.1. The Kier molecular flexibility index (Phi) is 6.36. The van der Waals surface area contributed by atoms with E-state index in [9.17, 15) is 0 Å². The van der Waals surface area contributed by atoms with Gasteiger partial charge in [0.05, 0.1) is 11.0 Å². The van der Waals surface area contributed by atoms with Gasteiger partial charge in [0.2, 0.25) is 0 Å². The highest BCUT2D eigenvalue weighted by molar-refractivity contribution is 7.26. The first-order valence-corrected chi connectivity index (χ1v) is 19.0. The van der Waals surface area contributed by atoms with E-state index >= 15 is 0 Å². The summed E-state index contributed by atoms with van der Waals surface area (Å²) in [6, 6.07) is 64.8. The Bertz CT molecular complexity index is 2950. The van der Waals surface area contributed by atoms with E-state index in [0.717, 1.165) is 5.69 Å². The van der Waals surface area contributed by atoms with Gasteiger partial charge in [-0.05, 0) is 81.9 Å². The van der Waals surface area contributed by atoms with Crippen LogP contribution in [-0.2, 0) is 0 Å². The van der Waals surface area contributed by atoms with Crippen molar-refractivity contribution >= 4 is 84.8 Å². The first-order valence-electron chi connectivity index (χ1n) is 17.3. The lowest BCUT2D eigenvalue weighted by atomic mass is 9.98. The number of aromatic nitrogens is 1. The van der Waals surface area contributed by atoms with E-state index in [1.54, 1.807) is 0 Å². The second-order valence-corrected chi connectivity index (χ2v) is 15.4. The fraction of sp³-hybridized carbons (Fsp3) is 0. The number of fused-ring (bicyclic) bond motifs is 9. The van der Waals surface area contributed by atoms with E-state index in [-0.39, 0.29) is 0 Å². The van der Waals surface area contributed by atoms with E-state index in [4.69, 9.17) is 0 Å². The molecule has 0 fully saturated rings. The normalized spacial score (nSPS) is 11.9. The highest BCUT2D eigenvalue weighted by Crippen LogP contribution is 2.44. The van der Waals surface area contributed by atoms with E-state index in [1.807, 2.05) is 22.7 Å². The molecule has 51 heavy (non-hydrogen) atoms. The van der Waals surface area contributed by atoms with Gasteiger partial charge in [0.15, 0.2) is 0 Å². The van der Waals surface area contributed by atoms with Gasteiger partial charge in [0.25, 0.3) is 0 Å². The van der Waals surface area contributed by atoms with E-state index < -0.39 is 0 Å². The van der Waals surface area contributed by atoms with Crippen LogP contribution in [0, 0.1) is 0 Å². The monoisotopic (exact) mass is 683 g/mol. The zero-order valence-electron chi connectivity index (χ0n) is 27.5. The average molecular weight is 684 g/mol. The molecule has 0 amide bonds. The molecule has 0 aliphatic rings. The molecule has 0 saturated carbocycles. The van der Waals surface area contributed by atoms with Crippen molar-refractivity contribution in [3.63, 3.8) is 0 Å². The molecule has 0 atom stereocenters. The Hall–Kier alpha value is -6.00. The predicted molar refractivity (Wildman–Crippen MR) is 223 cm³/mol. The Morgan fingerprint density at radius 2 is 0.765 bits per heavy atom. The van der Waals surface area contributed by atoms with Gasteiger partial charge in [-0.1, -0.05) is 127 Å². The Morgan fingerprint density at radius 1 is 0.314 bits per heavy atom. The fourth-order valence-corrected chi connectivity index (χ4v) is 10.5. The molecule has 3 heterocycles. The van der Waals surface area contributed by atoms with Gasteiger partial charge in [0.1, 0.15) is 0 Å². The van der Waals surface area contributed by atoms with Gasteiger partial charge < -0.3 is 4.57 Å². The van der Waals surface area contributed by atoms with Crippen LogP contribution in [0.15, 0.2) is 176 Å². The minimum absolute atomic E-state index is 1.16. The number of hydrogen-bond acceptors (Lipinski definition) is 2. The minimum Gasteiger partial charge on any atom is -0.309 e. The number of nitrogens with zero attached hydrogens (tertiary/aromatic N) is 1. The van der Waals surface area contributed by atoms with Gasteiger partial charge in [-0.25, -0.2) is 0 Å². The average Bonchev–Trinajstić information content (AvgIpc) is 3.87. The number of thiophene rings is 2. The van der Waals surface area contributed by atoms with Crippen molar-refractivity contribution in [2.75, 3.05) is 0 Å². The first kappa shape index (κ1) is 28.8. The van der Waals surface area contributed by atoms with Crippen molar-refractivity contribution < 1.29 is 0 Å². The third-order valence-corrected chi connectivity index (χ3v) is 12.9. The summed E-state index contributed by atoms with van der Waals surface area (Å²) in [5, 5.41) is 7.84. The zero-order chi connectivity index (χ0) is 33.5. The number of rotatable bonds is 4. The molecule has 3 aromatic heterocycles. The highest BCUT2D eigenvalue weighted by Gasteiger charge is 2.18. The second kappa shape index (κ2) is 11.3. The molecule has 0 unspecified atom stereocenters. The summed E-state index contributed by atoms with van der Waals surface area (Å²) >= 11 is 3.78. The van der Waals surface area contributed by atoms with Crippen molar-refractivity contribution in [3.8, 4) is 39.1 Å². The van der Waals surface area contributed by atoms with Crippen molar-refractivity contribution in [2.24, 2.45) is 0 Å². The van der Waals surface area contributed by atoms with Crippen LogP contribution in [0.2, 0.25) is 0 Å². The SMILES string of the molecule is c1ccc(-c2ccc(-n3c4ccc(-c5cccc6c5sc5ccccc56)cc4c4cc(-c5cccc6c5sc5ccccc56)ccc43)cc2)cc1. The largest absolute Gasteiger partial charge is 0.309 e. The molecule has 3 heteroatoms. The van der Waals surface area contributed by atoms with E-state index in [1.165, 1.54) is 95.5 Å². The lowest BCUT2D eigenvalue weighted by Crippen LogP contribution is -1.94. The van der Waals surface area contributed by atoms with Crippen LogP contribution in [-0.4, -0.2) is 4.57 Å². The molecule has 11 rings (SSSR count). The molecule has 0 bridgehead atoms. The molecule has 8 aromatic carbocycles. The van der Waals surface area contributed by atoms with Crippen molar-refractivity contribution in [1.29, 1.82) is 0 Å². The number of benzene rings is 8. The summed E-state index contributed by atoms with van der Waals surface area (Å²) in [5.74, 6) is 0. The maximum absolute atomic E-state index is 2.44. The molecular formula is C48H29NS2.